The molecule has 2 amide bonds. The molecular formula is C21H16BrN3O3S. The lowest BCUT2D eigenvalue weighted by atomic mass is 9.79. The van der Waals surface area contributed by atoms with Crippen LogP contribution in [0.3, 0.4) is 0 Å². The van der Waals surface area contributed by atoms with Gasteiger partial charge in [-0.2, -0.15) is 5.26 Å². The van der Waals surface area contributed by atoms with Gasteiger partial charge < -0.3 is 10.5 Å². The van der Waals surface area contributed by atoms with Gasteiger partial charge in [0.25, 0.3) is 0 Å². The Morgan fingerprint density at radius 1 is 1.10 bits per heavy atom. The maximum Gasteiger partial charge on any atom is 0.248 e. The van der Waals surface area contributed by atoms with E-state index in [9.17, 15) is 14.9 Å². The van der Waals surface area contributed by atoms with Crippen LogP contribution in [0.15, 0.2) is 63.6 Å². The van der Waals surface area contributed by atoms with E-state index in [1.54, 1.807) is 55.6 Å². The molecule has 6 nitrogen and oxygen atoms in total. The zero-order chi connectivity index (χ0) is 20.7. The normalized spacial score (nSPS) is 23.8. The van der Waals surface area contributed by atoms with Crippen LogP contribution >= 0.6 is 27.7 Å². The van der Waals surface area contributed by atoms with Gasteiger partial charge in [0, 0.05) is 10.4 Å². The van der Waals surface area contributed by atoms with Crippen LogP contribution < -0.4 is 15.4 Å². The first-order valence-corrected chi connectivity index (χ1v) is 10.5. The number of imide groups is 1. The van der Waals surface area contributed by atoms with Gasteiger partial charge in [-0.1, -0.05) is 39.8 Å². The first-order valence-electron chi connectivity index (χ1n) is 8.80. The predicted octanol–water partition coefficient (Wildman–Crippen LogP) is 3.54. The summed E-state index contributed by atoms with van der Waals surface area (Å²) in [4.78, 5) is 27.7. The number of hydrogen-bond acceptors (Lipinski definition) is 6. The molecule has 2 aliphatic heterocycles. The summed E-state index contributed by atoms with van der Waals surface area (Å²) in [6.45, 7) is 0. The maximum atomic E-state index is 13.4. The lowest BCUT2D eigenvalue weighted by molar-refractivity contribution is -0.122. The molecule has 0 spiro atoms. The van der Waals surface area contributed by atoms with Crippen molar-refractivity contribution in [3.63, 3.8) is 0 Å². The van der Waals surface area contributed by atoms with Crippen molar-refractivity contribution in [2.75, 3.05) is 12.0 Å². The molecule has 1 saturated heterocycles. The van der Waals surface area contributed by atoms with E-state index in [0.29, 0.717) is 17.0 Å². The molecule has 0 aliphatic carbocycles. The summed E-state index contributed by atoms with van der Waals surface area (Å²) >= 11 is 4.46. The molecule has 0 aromatic heterocycles. The Labute approximate surface area is 180 Å². The van der Waals surface area contributed by atoms with E-state index in [4.69, 9.17) is 10.5 Å². The fourth-order valence-corrected chi connectivity index (χ4v) is 5.26. The van der Waals surface area contributed by atoms with Gasteiger partial charge >= 0.3 is 0 Å². The van der Waals surface area contributed by atoms with E-state index in [2.05, 4.69) is 22.0 Å². The van der Waals surface area contributed by atoms with E-state index >= 15 is 0 Å². The number of amides is 2. The number of fused-ring (bicyclic) bond motifs is 1. The number of hydrogen-bond donors (Lipinski definition) is 1. The molecule has 2 aromatic carbocycles. The van der Waals surface area contributed by atoms with Crippen LogP contribution in [0.2, 0.25) is 0 Å². The van der Waals surface area contributed by atoms with Crippen molar-refractivity contribution in [1.82, 2.24) is 0 Å². The number of anilines is 1. The van der Waals surface area contributed by atoms with Crippen molar-refractivity contribution in [2.24, 2.45) is 11.7 Å². The molecule has 0 radical (unpaired) electrons. The molecule has 8 heteroatoms. The number of carbonyl (C=O) groups excluding carboxylic acids is 2. The Morgan fingerprint density at radius 2 is 1.76 bits per heavy atom. The molecule has 2 aliphatic rings. The molecule has 4 rings (SSSR count). The lowest BCUT2D eigenvalue weighted by Gasteiger charge is -2.30. The van der Waals surface area contributed by atoms with Crippen molar-refractivity contribution >= 4 is 45.2 Å². The molecule has 1 fully saturated rings. The van der Waals surface area contributed by atoms with Crippen molar-refractivity contribution in [3.05, 3.63) is 69.2 Å². The van der Waals surface area contributed by atoms with Gasteiger partial charge in [-0.3, -0.25) is 9.59 Å². The Hall–Kier alpha value is -2.76. The summed E-state index contributed by atoms with van der Waals surface area (Å²) in [5.41, 5.74) is 7.72. The SMILES string of the molecule is COc1ccc([C@H]2C(C#N)=C(N)S[C@@H]3C(=O)N(c4ccc(Br)cc4)C(=O)[C@@H]32)cc1. The van der Waals surface area contributed by atoms with Gasteiger partial charge in [0.15, 0.2) is 0 Å². The quantitative estimate of drug-likeness (QED) is 0.690. The van der Waals surface area contributed by atoms with E-state index in [1.807, 2.05) is 0 Å². The standard InChI is InChI=1S/C21H16BrN3O3S/c1-28-14-8-2-11(3-9-14)16-15(10-23)19(24)29-18-17(16)20(26)25(21(18)27)13-6-4-12(22)5-7-13/h2-9,16-18H,24H2,1H3/t16-,17+,18-/m0/s1. The highest BCUT2D eigenvalue weighted by Gasteiger charge is 2.56. The first-order chi connectivity index (χ1) is 14.0. The van der Waals surface area contributed by atoms with Crippen LogP contribution in [0.4, 0.5) is 5.69 Å². The third-order valence-electron chi connectivity index (χ3n) is 5.17. The Balaban J connectivity index is 1.80. The van der Waals surface area contributed by atoms with E-state index in [0.717, 1.165) is 21.8 Å². The molecule has 29 heavy (non-hydrogen) atoms. The average molecular weight is 470 g/mol. The van der Waals surface area contributed by atoms with Crippen molar-refractivity contribution in [3.8, 4) is 11.8 Å². The highest BCUT2D eigenvalue weighted by atomic mass is 79.9. The number of benzene rings is 2. The fourth-order valence-electron chi connectivity index (χ4n) is 3.80. The van der Waals surface area contributed by atoms with Crippen LogP contribution in [0, 0.1) is 17.2 Å². The van der Waals surface area contributed by atoms with E-state index < -0.39 is 17.1 Å². The number of allylic oxidation sites excluding steroid dienone is 1. The molecule has 2 heterocycles. The number of nitrogens with two attached hydrogens (primary N) is 1. The summed E-state index contributed by atoms with van der Waals surface area (Å²) in [7, 11) is 1.57. The van der Waals surface area contributed by atoms with Gasteiger partial charge in [-0.05, 0) is 42.0 Å². The number of methoxy groups -OCH3 is 1. The van der Waals surface area contributed by atoms with Crippen LogP contribution in [-0.2, 0) is 9.59 Å². The number of nitrogens with zero attached hydrogens (tertiary/aromatic N) is 2. The number of carbonyl (C=O) groups is 2. The second kappa shape index (κ2) is 7.58. The van der Waals surface area contributed by atoms with Gasteiger partial charge in [-0.25, -0.2) is 4.90 Å². The van der Waals surface area contributed by atoms with Gasteiger partial charge in [0.2, 0.25) is 11.8 Å². The molecule has 0 unspecified atom stereocenters. The molecule has 2 N–H and O–H groups in total. The number of rotatable bonds is 3. The molecule has 0 saturated carbocycles. The minimum absolute atomic E-state index is 0.286. The number of nitriles is 1. The minimum Gasteiger partial charge on any atom is -0.497 e. The maximum absolute atomic E-state index is 13.4. The largest absolute Gasteiger partial charge is 0.497 e. The number of ether oxygens (including phenoxy) is 1. The summed E-state index contributed by atoms with van der Waals surface area (Å²) in [6, 6.07) is 16.3. The van der Waals surface area contributed by atoms with Crippen molar-refractivity contribution in [2.45, 2.75) is 11.2 Å². The van der Waals surface area contributed by atoms with Crippen LogP contribution in [0.25, 0.3) is 0 Å². The third kappa shape index (κ3) is 3.20. The number of halogens is 1. The second-order valence-electron chi connectivity index (χ2n) is 6.69. The predicted molar refractivity (Wildman–Crippen MR) is 114 cm³/mol. The van der Waals surface area contributed by atoms with Gasteiger partial charge in [0.05, 0.1) is 35.4 Å². The zero-order valence-corrected chi connectivity index (χ0v) is 17.7. The smallest absolute Gasteiger partial charge is 0.248 e. The monoisotopic (exact) mass is 469 g/mol. The Bertz CT molecular complexity index is 1060. The average Bonchev–Trinajstić information content (AvgIpc) is 2.97. The highest BCUT2D eigenvalue weighted by Crippen LogP contribution is 2.50. The minimum atomic E-state index is -0.702. The second-order valence-corrected chi connectivity index (χ2v) is 8.79. The van der Waals surface area contributed by atoms with Crippen LogP contribution in [0.5, 0.6) is 5.75 Å². The Kier molecular flexibility index (Phi) is 5.11. The topological polar surface area (TPSA) is 96.4 Å². The van der Waals surface area contributed by atoms with Crippen LogP contribution in [0.1, 0.15) is 11.5 Å². The molecule has 3 atom stereocenters. The third-order valence-corrected chi connectivity index (χ3v) is 6.92. The number of thioether (sulfide) groups is 1. The van der Waals surface area contributed by atoms with E-state index in [1.165, 1.54) is 4.90 Å². The fraction of sp³-hybridized carbons (Fsp3) is 0.190. The summed E-state index contributed by atoms with van der Waals surface area (Å²) in [5.74, 6) is -1.27. The lowest BCUT2D eigenvalue weighted by Crippen LogP contribution is -2.33. The summed E-state index contributed by atoms with van der Waals surface area (Å²) in [6.07, 6.45) is 0. The van der Waals surface area contributed by atoms with Crippen molar-refractivity contribution < 1.29 is 14.3 Å². The summed E-state index contributed by atoms with van der Waals surface area (Å²) < 4.78 is 6.05. The molecule has 0 bridgehead atoms. The van der Waals surface area contributed by atoms with Crippen molar-refractivity contribution in [1.29, 1.82) is 5.26 Å². The molecule has 146 valence electrons. The van der Waals surface area contributed by atoms with Gasteiger partial charge in [-0.15, -0.1) is 0 Å². The highest BCUT2D eigenvalue weighted by molar-refractivity contribution is 9.10. The van der Waals surface area contributed by atoms with E-state index in [-0.39, 0.29) is 16.8 Å². The Morgan fingerprint density at radius 3 is 2.34 bits per heavy atom. The zero-order valence-electron chi connectivity index (χ0n) is 15.3. The van der Waals surface area contributed by atoms with Gasteiger partial charge in [0.1, 0.15) is 11.0 Å². The first kappa shape index (κ1) is 19.6. The molecular weight excluding hydrogens is 454 g/mol. The molecule has 2 aromatic rings. The summed E-state index contributed by atoms with van der Waals surface area (Å²) in [5, 5.41) is 9.35. The van der Waals surface area contributed by atoms with Crippen LogP contribution in [-0.4, -0.2) is 24.2 Å².